The number of hydrogen-bond acceptors (Lipinski definition) is 7. The molecular formula is C23H28FN5O5. The highest BCUT2D eigenvalue weighted by Crippen LogP contribution is 2.32. The van der Waals surface area contributed by atoms with Gasteiger partial charge < -0.3 is 19.7 Å². The van der Waals surface area contributed by atoms with Gasteiger partial charge in [-0.3, -0.25) is 19.2 Å². The Morgan fingerprint density at radius 1 is 1.32 bits per heavy atom. The summed E-state index contributed by atoms with van der Waals surface area (Å²) in [7, 11) is 0. The first-order chi connectivity index (χ1) is 16.2. The lowest BCUT2D eigenvalue weighted by molar-refractivity contribution is -0.147. The molecule has 0 spiro atoms. The SMILES string of the molecule is CC(=O)NC[C@H]1CN(c2ccc(N3Cc4cn(CCOC(=O)C(C)C)nc4C3)c(F)c2)C(=O)O1. The van der Waals surface area contributed by atoms with Crippen molar-refractivity contribution in [2.45, 2.75) is 46.5 Å². The maximum absolute atomic E-state index is 15.0. The van der Waals surface area contributed by atoms with Crippen LogP contribution in [-0.4, -0.2) is 53.6 Å². The van der Waals surface area contributed by atoms with Crippen LogP contribution in [0.4, 0.5) is 20.6 Å². The van der Waals surface area contributed by atoms with Gasteiger partial charge in [-0.1, -0.05) is 13.8 Å². The molecule has 2 amide bonds. The van der Waals surface area contributed by atoms with Gasteiger partial charge in [-0.15, -0.1) is 0 Å². The van der Waals surface area contributed by atoms with Gasteiger partial charge in [0, 0.05) is 25.2 Å². The van der Waals surface area contributed by atoms with Gasteiger partial charge in [0.25, 0.3) is 0 Å². The summed E-state index contributed by atoms with van der Waals surface area (Å²) in [5, 5.41) is 7.14. The van der Waals surface area contributed by atoms with E-state index in [0.717, 1.165) is 11.3 Å². The van der Waals surface area contributed by atoms with Crippen molar-refractivity contribution in [3.8, 4) is 0 Å². The van der Waals surface area contributed by atoms with E-state index >= 15 is 0 Å². The Morgan fingerprint density at radius 3 is 2.79 bits per heavy atom. The van der Waals surface area contributed by atoms with Crippen molar-refractivity contribution in [1.82, 2.24) is 15.1 Å². The Labute approximate surface area is 196 Å². The van der Waals surface area contributed by atoms with Crippen LogP contribution in [0.1, 0.15) is 32.0 Å². The molecule has 0 saturated carbocycles. The monoisotopic (exact) mass is 473 g/mol. The molecule has 1 fully saturated rings. The highest BCUT2D eigenvalue weighted by molar-refractivity contribution is 5.90. The Morgan fingerprint density at radius 2 is 2.12 bits per heavy atom. The molecule has 3 heterocycles. The molecular weight excluding hydrogens is 445 g/mol. The topological polar surface area (TPSA) is 106 Å². The number of amides is 2. The molecule has 10 nitrogen and oxygen atoms in total. The number of anilines is 2. The summed E-state index contributed by atoms with van der Waals surface area (Å²) in [6.45, 7) is 7.06. The van der Waals surface area contributed by atoms with Crippen LogP contribution in [-0.2, 0) is 38.7 Å². The lowest BCUT2D eigenvalue weighted by atomic mass is 10.2. The van der Waals surface area contributed by atoms with Gasteiger partial charge in [-0.2, -0.15) is 5.10 Å². The third-order valence-corrected chi connectivity index (χ3v) is 5.70. The minimum Gasteiger partial charge on any atom is -0.464 e. The van der Waals surface area contributed by atoms with Crippen molar-refractivity contribution in [3.63, 3.8) is 0 Å². The van der Waals surface area contributed by atoms with Gasteiger partial charge in [0.1, 0.15) is 18.5 Å². The number of cyclic esters (lactones) is 1. The first-order valence-corrected chi connectivity index (χ1v) is 11.2. The molecule has 0 unspecified atom stereocenters. The van der Waals surface area contributed by atoms with Gasteiger partial charge in [-0.05, 0) is 18.2 Å². The molecule has 2 aliphatic heterocycles. The zero-order valence-electron chi connectivity index (χ0n) is 19.4. The van der Waals surface area contributed by atoms with E-state index in [2.05, 4.69) is 10.4 Å². The number of ether oxygens (including phenoxy) is 2. The maximum atomic E-state index is 15.0. The quantitative estimate of drug-likeness (QED) is 0.586. The summed E-state index contributed by atoms with van der Waals surface area (Å²) in [5.41, 5.74) is 2.65. The molecule has 2 aliphatic rings. The molecule has 2 aromatic rings. The van der Waals surface area contributed by atoms with E-state index in [9.17, 15) is 18.8 Å². The average molecular weight is 474 g/mol. The molecule has 0 radical (unpaired) electrons. The van der Waals surface area contributed by atoms with E-state index in [1.54, 1.807) is 30.7 Å². The van der Waals surface area contributed by atoms with Gasteiger partial charge in [0.15, 0.2) is 0 Å². The molecule has 1 atom stereocenters. The Balaban J connectivity index is 1.35. The summed E-state index contributed by atoms with van der Waals surface area (Å²) < 4.78 is 27.2. The first kappa shape index (κ1) is 23.5. The van der Waals surface area contributed by atoms with E-state index in [1.165, 1.54) is 17.9 Å². The number of fused-ring (bicyclic) bond motifs is 1. The van der Waals surface area contributed by atoms with Crippen molar-refractivity contribution < 1.29 is 28.2 Å². The number of nitrogens with one attached hydrogen (secondary N) is 1. The number of carbonyl (C=O) groups is 3. The van der Waals surface area contributed by atoms with E-state index in [0.29, 0.717) is 31.0 Å². The summed E-state index contributed by atoms with van der Waals surface area (Å²) in [6.07, 6.45) is 0.830. The van der Waals surface area contributed by atoms with Crippen LogP contribution in [0, 0.1) is 11.7 Å². The molecule has 1 aromatic carbocycles. The van der Waals surface area contributed by atoms with Crippen molar-refractivity contribution in [1.29, 1.82) is 0 Å². The van der Waals surface area contributed by atoms with E-state index < -0.39 is 18.0 Å². The maximum Gasteiger partial charge on any atom is 0.414 e. The third kappa shape index (κ3) is 5.13. The molecule has 11 heteroatoms. The lowest BCUT2D eigenvalue weighted by Crippen LogP contribution is -2.33. The summed E-state index contributed by atoms with van der Waals surface area (Å²) in [4.78, 5) is 38.1. The lowest BCUT2D eigenvalue weighted by Gasteiger charge is -2.21. The first-order valence-electron chi connectivity index (χ1n) is 11.2. The fourth-order valence-corrected chi connectivity index (χ4v) is 3.92. The molecule has 1 saturated heterocycles. The fraction of sp³-hybridized carbons (Fsp3) is 0.478. The van der Waals surface area contributed by atoms with E-state index in [-0.39, 0.29) is 37.5 Å². The summed E-state index contributed by atoms with van der Waals surface area (Å²) in [5.74, 6) is -1.07. The number of benzene rings is 1. The van der Waals surface area contributed by atoms with Crippen LogP contribution in [0.15, 0.2) is 24.4 Å². The fourth-order valence-electron chi connectivity index (χ4n) is 3.92. The van der Waals surface area contributed by atoms with Crippen molar-refractivity contribution in [3.05, 3.63) is 41.5 Å². The normalized spacial score (nSPS) is 17.2. The number of halogens is 1. The van der Waals surface area contributed by atoms with Crippen LogP contribution in [0.5, 0.6) is 0 Å². The minimum atomic E-state index is -0.572. The Hall–Kier alpha value is -3.63. The van der Waals surface area contributed by atoms with Crippen LogP contribution in [0.3, 0.4) is 0 Å². The Kier molecular flexibility index (Phi) is 6.71. The molecule has 34 heavy (non-hydrogen) atoms. The highest BCUT2D eigenvalue weighted by atomic mass is 19.1. The van der Waals surface area contributed by atoms with Gasteiger partial charge in [-0.25, -0.2) is 9.18 Å². The largest absolute Gasteiger partial charge is 0.464 e. The third-order valence-electron chi connectivity index (χ3n) is 5.70. The van der Waals surface area contributed by atoms with Crippen LogP contribution < -0.4 is 15.1 Å². The molecule has 0 bridgehead atoms. The van der Waals surface area contributed by atoms with Crippen molar-refractivity contribution in [2.24, 2.45) is 5.92 Å². The minimum absolute atomic E-state index is 0.168. The smallest absolute Gasteiger partial charge is 0.414 e. The summed E-state index contributed by atoms with van der Waals surface area (Å²) >= 11 is 0. The predicted octanol–water partition coefficient (Wildman–Crippen LogP) is 2.20. The molecule has 1 aromatic heterocycles. The van der Waals surface area contributed by atoms with E-state index in [4.69, 9.17) is 9.47 Å². The average Bonchev–Trinajstić information content (AvgIpc) is 3.45. The molecule has 0 aliphatic carbocycles. The van der Waals surface area contributed by atoms with Gasteiger partial charge >= 0.3 is 12.1 Å². The van der Waals surface area contributed by atoms with Crippen molar-refractivity contribution in [2.75, 3.05) is 29.5 Å². The zero-order valence-corrected chi connectivity index (χ0v) is 19.4. The standard InChI is InChI=1S/C23H28FN5O5/c1-14(2)22(31)33-7-6-28-11-16-10-27(13-20(16)26-28)21-5-4-17(8-19(21)24)29-12-18(34-23(29)32)9-25-15(3)30/h4-5,8,11,14,18H,6-7,9-10,12-13H2,1-3H3,(H,25,30)/t18-/m0/s1. The number of carbonyl (C=O) groups excluding carboxylic acids is 3. The van der Waals surface area contributed by atoms with E-state index in [1.807, 2.05) is 11.1 Å². The summed E-state index contributed by atoms with van der Waals surface area (Å²) in [6, 6.07) is 4.64. The molecule has 182 valence electrons. The van der Waals surface area contributed by atoms with Crippen LogP contribution in [0.2, 0.25) is 0 Å². The predicted molar refractivity (Wildman–Crippen MR) is 121 cm³/mol. The number of hydrogen-bond donors (Lipinski definition) is 1. The van der Waals surface area contributed by atoms with Gasteiger partial charge in [0.2, 0.25) is 5.91 Å². The zero-order chi connectivity index (χ0) is 24.4. The van der Waals surface area contributed by atoms with Crippen molar-refractivity contribution >= 4 is 29.3 Å². The Bertz CT molecular complexity index is 1080. The second-order valence-electron chi connectivity index (χ2n) is 8.73. The molecule has 1 N–H and O–H groups in total. The number of rotatable bonds is 8. The van der Waals surface area contributed by atoms with Crippen LogP contribution in [0.25, 0.3) is 0 Å². The number of nitrogens with zero attached hydrogens (tertiary/aromatic N) is 4. The van der Waals surface area contributed by atoms with Crippen LogP contribution >= 0.6 is 0 Å². The highest BCUT2D eigenvalue weighted by Gasteiger charge is 2.33. The number of aromatic nitrogens is 2. The molecule has 4 rings (SSSR count). The van der Waals surface area contributed by atoms with Gasteiger partial charge in [0.05, 0.1) is 49.2 Å². The second-order valence-corrected chi connectivity index (χ2v) is 8.73. The number of esters is 1. The second kappa shape index (κ2) is 9.70.